The zero-order chi connectivity index (χ0) is 37.8. The van der Waals surface area contributed by atoms with Crippen molar-refractivity contribution in [3.8, 4) is 33.4 Å². The molecular weight excluding hydrogens is 681 g/mol. The highest BCUT2D eigenvalue weighted by molar-refractivity contribution is 6.06. The Morgan fingerprint density at radius 3 is 2.12 bits per heavy atom. The van der Waals surface area contributed by atoms with E-state index >= 15 is 0 Å². The van der Waals surface area contributed by atoms with Gasteiger partial charge < -0.3 is 10.2 Å². The van der Waals surface area contributed by atoms with Gasteiger partial charge in [0.15, 0.2) is 0 Å². The fourth-order valence-electron chi connectivity index (χ4n) is 8.85. The average Bonchev–Trinajstić information content (AvgIpc) is 3.73. The van der Waals surface area contributed by atoms with Gasteiger partial charge in [-0.3, -0.25) is 5.32 Å². The van der Waals surface area contributed by atoms with Crippen LogP contribution in [0.15, 0.2) is 186 Å². The average molecular weight is 723 g/mol. The van der Waals surface area contributed by atoms with Crippen LogP contribution in [0.4, 0.5) is 0 Å². The van der Waals surface area contributed by atoms with Gasteiger partial charge in [-0.25, -0.2) is 0 Å². The molecule has 9 aromatic rings. The second kappa shape index (κ2) is 13.6. The van der Waals surface area contributed by atoms with E-state index in [1.165, 1.54) is 44.2 Å². The summed E-state index contributed by atoms with van der Waals surface area (Å²) in [5.41, 5.74) is 22.1. The minimum Gasteiger partial charge on any atom is -0.456 e. The molecule has 2 unspecified atom stereocenters. The smallest absolute Gasteiger partial charge is 0.135 e. The third-order valence-corrected chi connectivity index (χ3v) is 11.7. The van der Waals surface area contributed by atoms with Gasteiger partial charge in [-0.05, 0) is 108 Å². The summed E-state index contributed by atoms with van der Waals surface area (Å²) < 4.78 is 6.18. The van der Waals surface area contributed by atoms with E-state index in [0.717, 1.165) is 49.8 Å². The van der Waals surface area contributed by atoms with Gasteiger partial charge in [0.2, 0.25) is 0 Å². The first kappa shape index (κ1) is 34.0. The van der Waals surface area contributed by atoms with Crippen LogP contribution in [0.5, 0.6) is 0 Å². The van der Waals surface area contributed by atoms with E-state index in [-0.39, 0.29) is 17.6 Å². The number of furan rings is 1. The molecule has 56 heavy (non-hydrogen) atoms. The van der Waals surface area contributed by atoms with Crippen LogP contribution in [0.1, 0.15) is 53.9 Å². The van der Waals surface area contributed by atoms with Crippen molar-refractivity contribution in [1.29, 1.82) is 0 Å². The van der Waals surface area contributed by atoms with Gasteiger partial charge in [-0.15, -0.1) is 0 Å². The van der Waals surface area contributed by atoms with Crippen LogP contribution < -0.4 is 11.1 Å². The van der Waals surface area contributed by atoms with Crippen molar-refractivity contribution in [1.82, 2.24) is 5.32 Å². The van der Waals surface area contributed by atoms with E-state index in [4.69, 9.17) is 10.2 Å². The minimum absolute atomic E-state index is 0.0960. The molecule has 10 rings (SSSR count). The molecule has 0 saturated heterocycles. The predicted molar refractivity (Wildman–Crippen MR) is 234 cm³/mol. The standard InChI is InChI=1S/C53H42N2O/c1-53(2)46-24-13-23-41(51(46)45-31-36-17-6-7-18-37(36)33-47(45)53)38-19-12-14-34(30-38)26-28-48(55-52(54)35-15-4-3-5-16-35)42-21-9-8-20-40(42)39-27-29-50-44(32-39)43-22-10-11-25-49(43)56-50/h3-33,48,52,55H,54H2,1-2H3/b28-26+. The van der Waals surface area contributed by atoms with E-state index in [0.29, 0.717) is 0 Å². The van der Waals surface area contributed by atoms with Crippen LogP contribution in [0.3, 0.4) is 0 Å². The molecule has 1 aliphatic carbocycles. The zero-order valence-corrected chi connectivity index (χ0v) is 31.5. The van der Waals surface area contributed by atoms with Crippen LogP contribution in [0.2, 0.25) is 0 Å². The molecule has 0 saturated carbocycles. The number of fused-ring (bicyclic) bond motifs is 7. The molecule has 3 nitrogen and oxygen atoms in total. The van der Waals surface area contributed by atoms with Crippen LogP contribution in [-0.4, -0.2) is 0 Å². The summed E-state index contributed by atoms with van der Waals surface area (Å²) in [7, 11) is 0. The molecule has 0 bridgehead atoms. The Morgan fingerprint density at radius 1 is 0.554 bits per heavy atom. The third-order valence-electron chi connectivity index (χ3n) is 11.7. The molecule has 2 atom stereocenters. The molecular formula is C53H42N2O. The molecule has 3 heteroatoms. The zero-order valence-electron chi connectivity index (χ0n) is 31.5. The largest absolute Gasteiger partial charge is 0.456 e. The van der Waals surface area contributed by atoms with Crippen molar-refractivity contribution in [2.75, 3.05) is 0 Å². The number of nitrogens with two attached hydrogens (primary N) is 1. The molecule has 1 aliphatic rings. The van der Waals surface area contributed by atoms with Gasteiger partial charge in [0, 0.05) is 16.2 Å². The predicted octanol–water partition coefficient (Wildman–Crippen LogP) is 13.4. The first-order chi connectivity index (χ1) is 27.4. The summed E-state index contributed by atoms with van der Waals surface area (Å²) in [6, 6.07) is 62.6. The fraction of sp³-hybridized carbons (Fsp3) is 0.0943. The lowest BCUT2D eigenvalue weighted by Gasteiger charge is -2.24. The third kappa shape index (κ3) is 5.84. The normalized spacial score (nSPS) is 14.3. The molecule has 0 aliphatic heterocycles. The fourth-order valence-corrected chi connectivity index (χ4v) is 8.85. The van der Waals surface area contributed by atoms with Crippen molar-refractivity contribution >= 4 is 38.8 Å². The molecule has 0 spiro atoms. The quantitative estimate of drug-likeness (QED) is 0.154. The maximum atomic E-state index is 6.90. The Balaban J connectivity index is 1.05. The number of hydrogen-bond donors (Lipinski definition) is 2. The van der Waals surface area contributed by atoms with Crippen LogP contribution >= 0.6 is 0 Å². The Hall–Kier alpha value is -6.52. The molecule has 0 amide bonds. The van der Waals surface area contributed by atoms with Crippen LogP contribution in [0.25, 0.3) is 72.2 Å². The van der Waals surface area contributed by atoms with Gasteiger partial charge in [-0.1, -0.05) is 166 Å². The van der Waals surface area contributed by atoms with Crippen LogP contribution in [0, 0.1) is 0 Å². The summed E-state index contributed by atoms with van der Waals surface area (Å²) in [5.74, 6) is 0. The second-order valence-corrected chi connectivity index (χ2v) is 15.5. The van der Waals surface area contributed by atoms with Gasteiger partial charge in [0.05, 0.1) is 12.2 Å². The van der Waals surface area contributed by atoms with E-state index in [1.54, 1.807) is 0 Å². The molecule has 270 valence electrons. The number of rotatable bonds is 8. The van der Waals surface area contributed by atoms with E-state index in [2.05, 4.69) is 177 Å². The molecule has 8 aromatic carbocycles. The Morgan fingerprint density at radius 2 is 1.25 bits per heavy atom. The Kier molecular flexibility index (Phi) is 8.29. The Bertz CT molecular complexity index is 2950. The maximum absolute atomic E-state index is 6.90. The number of benzene rings is 8. The lowest BCUT2D eigenvalue weighted by molar-refractivity contribution is 0.510. The van der Waals surface area contributed by atoms with Crippen molar-refractivity contribution in [2.45, 2.75) is 31.5 Å². The van der Waals surface area contributed by atoms with E-state index in [1.807, 2.05) is 30.3 Å². The summed E-state index contributed by atoms with van der Waals surface area (Å²) in [6.07, 6.45) is 4.11. The number of hydrogen-bond acceptors (Lipinski definition) is 3. The van der Waals surface area contributed by atoms with Crippen molar-refractivity contribution < 1.29 is 4.42 Å². The first-order valence-electron chi connectivity index (χ1n) is 19.5. The SMILES string of the molecule is CC1(C)c2cc3ccccc3cc2-c2c(-c3cccc(/C=C/C(NC(N)c4ccccc4)c4ccccc4-c4ccc5oc6ccccc6c5c4)c3)cccc21. The number of nitrogens with one attached hydrogen (secondary N) is 1. The van der Waals surface area contributed by atoms with E-state index in [9.17, 15) is 0 Å². The van der Waals surface area contributed by atoms with Crippen molar-refractivity contribution in [3.63, 3.8) is 0 Å². The summed E-state index contributed by atoms with van der Waals surface area (Å²) in [5, 5.41) is 8.56. The highest BCUT2D eigenvalue weighted by atomic mass is 16.3. The Labute approximate surface area is 327 Å². The maximum Gasteiger partial charge on any atom is 0.135 e. The monoisotopic (exact) mass is 722 g/mol. The highest BCUT2D eigenvalue weighted by Gasteiger charge is 2.37. The molecule has 1 heterocycles. The molecule has 0 fully saturated rings. The van der Waals surface area contributed by atoms with Gasteiger partial charge in [0.25, 0.3) is 0 Å². The van der Waals surface area contributed by atoms with Crippen LogP contribution in [-0.2, 0) is 5.41 Å². The summed E-state index contributed by atoms with van der Waals surface area (Å²) in [4.78, 5) is 0. The lowest BCUT2D eigenvalue weighted by atomic mass is 9.81. The summed E-state index contributed by atoms with van der Waals surface area (Å²) >= 11 is 0. The molecule has 0 radical (unpaired) electrons. The van der Waals surface area contributed by atoms with Gasteiger partial charge in [0.1, 0.15) is 11.2 Å². The van der Waals surface area contributed by atoms with E-state index < -0.39 is 0 Å². The van der Waals surface area contributed by atoms with Crippen molar-refractivity contribution in [2.24, 2.45) is 5.73 Å². The first-order valence-corrected chi connectivity index (χ1v) is 19.5. The van der Waals surface area contributed by atoms with Gasteiger partial charge in [-0.2, -0.15) is 0 Å². The molecule has 1 aromatic heterocycles. The topological polar surface area (TPSA) is 51.2 Å². The lowest BCUT2D eigenvalue weighted by Crippen LogP contribution is -2.31. The minimum atomic E-state index is -0.378. The van der Waals surface area contributed by atoms with Gasteiger partial charge >= 0.3 is 0 Å². The van der Waals surface area contributed by atoms with Crippen molar-refractivity contribution in [3.05, 3.63) is 210 Å². The summed E-state index contributed by atoms with van der Waals surface area (Å²) in [6.45, 7) is 4.71. The molecule has 3 N–H and O–H groups in total. The number of para-hydroxylation sites is 1. The second-order valence-electron chi connectivity index (χ2n) is 15.5. The highest BCUT2D eigenvalue weighted by Crippen LogP contribution is 2.53.